The van der Waals surface area contributed by atoms with Crippen molar-refractivity contribution in [1.82, 2.24) is 9.97 Å². The molecule has 0 atom stereocenters. The van der Waals surface area contributed by atoms with E-state index in [-0.39, 0.29) is 11.6 Å². The molecule has 0 fully saturated rings. The molecule has 7 heteroatoms. The van der Waals surface area contributed by atoms with Gasteiger partial charge in [0.1, 0.15) is 11.6 Å². The second-order valence-corrected chi connectivity index (χ2v) is 3.28. The summed E-state index contributed by atoms with van der Waals surface area (Å²) in [5, 5.41) is 0. The fourth-order valence-electron chi connectivity index (χ4n) is 1.42. The first-order valence-electron chi connectivity index (χ1n) is 5.04. The summed E-state index contributed by atoms with van der Waals surface area (Å²) in [6, 6.07) is 7.84. The van der Waals surface area contributed by atoms with Crippen LogP contribution in [-0.4, -0.2) is 16.6 Å². The smallest absolute Gasteiger partial charge is 0.387 e. The van der Waals surface area contributed by atoms with Crippen LogP contribution < -0.4 is 16.0 Å². The van der Waals surface area contributed by atoms with Gasteiger partial charge < -0.3 is 10.2 Å². The number of hydrazine groups is 1. The van der Waals surface area contributed by atoms with Crippen LogP contribution in [0.1, 0.15) is 0 Å². The Hall–Kier alpha value is -2.28. The third-order valence-electron chi connectivity index (χ3n) is 2.15. The fourth-order valence-corrected chi connectivity index (χ4v) is 1.42. The van der Waals surface area contributed by atoms with Crippen LogP contribution in [0.25, 0.3) is 11.4 Å². The molecule has 2 aromatic rings. The zero-order chi connectivity index (χ0) is 13.0. The number of alkyl halides is 2. The molecule has 0 radical (unpaired) electrons. The maximum Gasteiger partial charge on any atom is 0.387 e. The zero-order valence-corrected chi connectivity index (χ0v) is 9.18. The number of hydrogen-bond acceptors (Lipinski definition) is 5. The second-order valence-electron chi connectivity index (χ2n) is 3.28. The van der Waals surface area contributed by atoms with Crippen LogP contribution in [0.2, 0.25) is 0 Å². The van der Waals surface area contributed by atoms with Gasteiger partial charge in [0.15, 0.2) is 5.82 Å². The van der Waals surface area contributed by atoms with Crippen LogP contribution in [0.4, 0.5) is 14.6 Å². The van der Waals surface area contributed by atoms with E-state index in [4.69, 9.17) is 5.84 Å². The summed E-state index contributed by atoms with van der Waals surface area (Å²) in [7, 11) is 0. The van der Waals surface area contributed by atoms with Crippen LogP contribution in [0.3, 0.4) is 0 Å². The lowest BCUT2D eigenvalue weighted by molar-refractivity contribution is -0.0494. The van der Waals surface area contributed by atoms with Crippen LogP contribution in [-0.2, 0) is 0 Å². The van der Waals surface area contributed by atoms with E-state index in [0.717, 1.165) is 0 Å². The number of para-hydroxylation sites is 1. The van der Waals surface area contributed by atoms with Crippen molar-refractivity contribution in [1.29, 1.82) is 0 Å². The van der Waals surface area contributed by atoms with Crippen LogP contribution in [0.15, 0.2) is 36.5 Å². The Balaban J connectivity index is 2.42. The molecule has 0 spiro atoms. The highest BCUT2D eigenvalue weighted by Gasteiger charge is 2.12. The summed E-state index contributed by atoms with van der Waals surface area (Å²) >= 11 is 0. The minimum absolute atomic E-state index is 0.0154. The van der Waals surface area contributed by atoms with Gasteiger partial charge in [-0.15, -0.1) is 0 Å². The van der Waals surface area contributed by atoms with Crippen molar-refractivity contribution in [2.45, 2.75) is 6.61 Å². The van der Waals surface area contributed by atoms with Gasteiger partial charge in [-0.2, -0.15) is 8.78 Å². The standard InChI is InChI=1S/C11H10F2N4O/c12-11(13)18-8-4-2-1-3-7(8)10-15-6-5-9(16-10)17-14/h1-6,11H,14H2,(H,15,16,17). The number of anilines is 1. The molecule has 1 aromatic heterocycles. The number of ether oxygens (including phenoxy) is 1. The maximum absolute atomic E-state index is 12.3. The molecule has 0 saturated carbocycles. The predicted molar refractivity (Wildman–Crippen MR) is 61.9 cm³/mol. The molecule has 5 nitrogen and oxygen atoms in total. The molecule has 0 aliphatic carbocycles. The monoisotopic (exact) mass is 252 g/mol. The van der Waals surface area contributed by atoms with E-state index >= 15 is 0 Å². The van der Waals surface area contributed by atoms with Crippen LogP contribution in [0, 0.1) is 0 Å². The Kier molecular flexibility index (Phi) is 3.63. The minimum atomic E-state index is -2.90. The average Bonchev–Trinajstić information content (AvgIpc) is 2.39. The lowest BCUT2D eigenvalue weighted by Gasteiger charge is -2.09. The Morgan fingerprint density at radius 1 is 1.22 bits per heavy atom. The molecule has 0 aliphatic heterocycles. The average molecular weight is 252 g/mol. The Bertz CT molecular complexity index is 536. The molecule has 0 aliphatic rings. The van der Waals surface area contributed by atoms with E-state index in [1.807, 2.05) is 0 Å². The number of rotatable bonds is 4. The quantitative estimate of drug-likeness (QED) is 0.643. The van der Waals surface area contributed by atoms with E-state index < -0.39 is 6.61 Å². The molecule has 1 heterocycles. The lowest BCUT2D eigenvalue weighted by atomic mass is 10.2. The number of nitrogens with zero attached hydrogens (tertiary/aromatic N) is 2. The van der Waals surface area contributed by atoms with Gasteiger partial charge in [-0.1, -0.05) is 12.1 Å². The number of halogens is 2. The Labute approximate surface area is 102 Å². The number of benzene rings is 1. The van der Waals surface area contributed by atoms with E-state index in [9.17, 15) is 8.78 Å². The van der Waals surface area contributed by atoms with Crippen molar-refractivity contribution in [3.05, 3.63) is 36.5 Å². The number of hydrogen-bond donors (Lipinski definition) is 2. The fraction of sp³-hybridized carbons (Fsp3) is 0.0909. The highest BCUT2D eigenvalue weighted by molar-refractivity contribution is 5.64. The number of nitrogen functional groups attached to an aromatic ring is 1. The molecule has 18 heavy (non-hydrogen) atoms. The molecule has 0 bridgehead atoms. The largest absolute Gasteiger partial charge is 0.434 e. The molecular formula is C11H10F2N4O. The van der Waals surface area contributed by atoms with E-state index in [2.05, 4.69) is 20.1 Å². The summed E-state index contributed by atoms with van der Waals surface area (Å²) in [6.45, 7) is -2.90. The maximum atomic E-state index is 12.3. The molecule has 1 aromatic carbocycles. The van der Waals surface area contributed by atoms with Gasteiger partial charge in [0.25, 0.3) is 0 Å². The number of nitrogens with one attached hydrogen (secondary N) is 1. The Morgan fingerprint density at radius 3 is 2.72 bits per heavy atom. The number of nitrogens with two attached hydrogens (primary N) is 1. The molecule has 3 N–H and O–H groups in total. The normalized spacial score (nSPS) is 10.4. The van der Waals surface area contributed by atoms with Crippen molar-refractivity contribution in [3.63, 3.8) is 0 Å². The third kappa shape index (κ3) is 2.69. The van der Waals surface area contributed by atoms with Gasteiger partial charge in [0.05, 0.1) is 5.56 Å². The van der Waals surface area contributed by atoms with Gasteiger partial charge in [0, 0.05) is 12.3 Å². The number of aromatic nitrogens is 2. The topological polar surface area (TPSA) is 73.1 Å². The summed E-state index contributed by atoms with van der Waals surface area (Å²) in [5.41, 5.74) is 2.73. The molecular weight excluding hydrogens is 242 g/mol. The highest BCUT2D eigenvalue weighted by atomic mass is 19.3. The first-order valence-corrected chi connectivity index (χ1v) is 5.04. The minimum Gasteiger partial charge on any atom is -0.434 e. The zero-order valence-electron chi connectivity index (χ0n) is 9.18. The van der Waals surface area contributed by atoms with Crippen LogP contribution in [0.5, 0.6) is 5.75 Å². The first kappa shape index (κ1) is 12.2. The van der Waals surface area contributed by atoms with E-state index in [1.165, 1.54) is 12.3 Å². The molecule has 0 amide bonds. The summed E-state index contributed by atoms with van der Waals surface area (Å²) in [5.74, 6) is 5.87. The van der Waals surface area contributed by atoms with Crippen molar-refractivity contribution < 1.29 is 13.5 Å². The second kappa shape index (κ2) is 5.37. The van der Waals surface area contributed by atoms with Crippen LogP contribution >= 0.6 is 0 Å². The Morgan fingerprint density at radius 2 is 2.00 bits per heavy atom. The van der Waals surface area contributed by atoms with Crippen molar-refractivity contribution in [2.75, 3.05) is 5.43 Å². The molecule has 94 valence electrons. The third-order valence-corrected chi connectivity index (χ3v) is 2.15. The van der Waals surface area contributed by atoms with Gasteiger partial charge in [0.2, 0.25) is 0 Å². The summed E-state index contributed by atoms with van der Waals surface area (Å²) in [6.07, 6.45) is 1.47. The summed E-state index contributed by atoms with van der Waals surface area (Å²) in [4.78, 5) is 8.05. The van der Waals surface area contributed by atoms with Crippen molar-refractivity contribution in [2.24, 2.45) is 5.84 Å². The van der Waals surface area contributed by atoms with Gasteiger partial charge in [-0.05, 0) is 12.1 Å². The van der Waals surface area contributed by atoms with Gasteiger partial charge in [-0.25, -0.2) is 15.8 Å². The highest BCUT2D eigenvalue weighted by Crippen LogP contribution is 2.28. The van der Waals surface area contributed by atoms with E-state index in [1.54, 1.807) is 24.3 Å². The molecule has 0 saturated heterocycles. The SMILES string of the molecule is NNc1ccnc(-c2ccccc2OC(F)F)n1. The summed E-state index contributed by atoms with van der Waals surface area (Å²) < 4.78 is 28.9. The predicted octanol–water partition coefficient (Wildman–Crippen LogP) is 2.03. The lowest BCUT2D eigenvalue weighted by Crippen LogP contribution is -2.09. The first-order chi connectivity index (χ1) is 8.70. The van der Waals surface area contributed by atoms with E-state index in [0.29, 0.717) is 11.4 Å². The van der Waals surface area contributed by atoms with Crippen molar-refractivity contribution >= 4 is 5.82 Å². The molecule has 2 rings (SSSR count). The molecule has 0 unspecified atom stereocenters. The van der Waals surface area contributed by atoms with Crippen molar-refractivity contribution in [3.8, 4) is 17.1 Å². The van der Waals surface area contributed by atoms with Gasteiger partial charge >= 0.3 is 6.61 Å². The van der Waals surface area contributed by atoms with Gasteiger partial charge in [-0.3, -0.25) is 0 Å².